The Morgan fingerprint density at radius 1 is 1.21 bits per heavy atom. The largest absolute Gasteiger partial charge is 0.380 e. The molecule has 96 valence electrons. The van der Waals surface area contributed by atoms with Gasteiger partial charge in [0, 0.05) is 39.6 Å². The number of thiazole rings is 1. The van der Waals surface area contributed by atoms with Gasteiger partial charge in [-0.3, -0.25) is 0 Å². The van der Waals surface area contributed by atoms with Crippen LogP contribution in [0.5, 0.6) is 0 Å². The number of nitrogens with one attached hydrogen (secondary N) is 1. The van der Waals surface area contributed by atoms with Crippen LogP contribution < -0.4 is 5.32 Å². The molecule has 1 N–H and O–H groups in total. The topological polar surface area (TPSA) is 24.9 Å². The molecule has 1 aromatic carbocycles. The van der Waals surface area contributed by atoms with Crippen LogP contribution in [0.2, 0.25) is 5.02 Å². The molecule has 0 saturated heterocycles. The molecule has 2 nitrogen and oxygen atoms in total. The van der Waals surface area contributed by atoms with Crippen molar-refractivity contribution in [1.29, 1.82) is 0 Å². The summed E-state index contributed by atoms with van der Waals surface area (Å²) in [5, 5.41) is 9.19. The summed E-state index contributed by atoms with van der Waals surface area (Å²) in [5.74, 6) is 0. The highest BCUT2D eigenvalue weighted by atomic mass is 35.5. The molecule has 3 aromatic rings. The molecule has 0 fully saturated rings. The van der Waals surface area contributed by atoms with Crippen LogP contribution in [0.1, 0.15) is 4.88 Å². The molecule has 0 amide bonds. The third-order valence-corrected chi connectivity index (χ3v) is 4.74. The van der Waals surface area contributed by atoms with Crippen LogP contribution in [-0.2, 0) is 6.54 Å². The first-order valence-electron chi connectivity index (χ1n) is 5.78. The second-order valence-electron chi connectivity index (χ2n) is 4.00. The molecule has 0 aliphatic heterocycles. The standard InChI is InChI=1S/C14H11ClN2S2/c15-11-7-13(19-9-11)8-17-12-3-1-2-10(6-12)14-16-4-5-18-14/h1-7,9,17H,8H2. The number of anilines is 1. The van der Waals surface area contributed by atoms with Crippen molar-refractivity contribution in [3.63, 3.8) is 0 Å². The van der Waals surface area contributed by atoms with Gasteiger partial charge >= 0.3 is 0 Å². The van der Waals surface area contributed by atoms with E-state index < -0.39 is 0 Å². The molecule has 0 bridgehead atoms. The molecule has 0 saturated carbocycles. The van der Waals surface area contributed by atoms with Crippen LogP contribution in [0.25, 0.3) is 10.6 Å². The summed E-state index contributed by atoms with van der Waals surface area (Å²) >= 11 is 9.22. The van der Waals surface area contributed by atoms with Crippen molar-refractivity contribution in [1.82, 2.24) is 4.98 Å². The number of rotatable bonds is 4. The Morgan fingerprint density at radius 3 is 2.89 bits per heavy atom. The van der Waals surface area contributed by atoms with E-state index in [0.29, 0.717) is 0 Å². The number of thiophene rings is 1. The average Bonchev–Trinajstić information content (AvgIpc) is 3.08. The molecule has 0 radical (unpaired) electrons. The first-order chi connectivity index (χ1) is 9.31. The first-order valence-corrected chi connectivity index (χ1v) is 7.92. The third-order valence-electron chi connectivity index (χ3n) is 2.63. The Hall–Kier alpha value is -1.36. The highest BCUT2D eigenvalue weighted by Gasteiger charge is 2.02. The number of hydrogen-bond acceptors (Lipinski definition) is 4. The fraction of sp³-hybridized carbons (Fsp3) is 0.0714. The van der Waals surface area contributed by atoms with Crippen molar-refractivity contribution >= 4 is 40.0 Å². The quantitative estimate of drug-likeness (QED) is 0.722. The van der Waals surface area contributed by atoms with Gasteiger partial charge in [-0.05, 0) is 18.2 Å². The molecule has 0 spiro atoms. The lowest BCUT2D eigenvalue weighted by Gasteiger charge is -2.06. The zero-order chi connectivity index (χ0) is 13.1. The number of aromatic nitrogens is 1. The number of halogens is 1. The third kappa shape index (κ3) is 3.15. The van der Waals surface area contributed by atoms with Gasteiger partial charge in [0.15, 0.2) is 0 Å². The molecule has 3 rings (SSSR count). The van der Waals surface area contributed by atoms with Gasteiger partial charge in [-0.25, -0.2) is 4.98 Å². The lowest BCUT2D eigenvalue weighted by Crippen LogP contribution is -1.97. The maximum Gasteiger partial charge on any atom is 0.123 e. The van der Waals surface area contributed by atoms with Crippen molar-refractivity contribution in [2.24, 2.45) is 0 Å². The number of hydrogen-bond donors (Lipinski definition) is 1. The van der Waals surface area contributed by atoms with Gasteiger partial charge in [-0.1, -0.05) is 23.7 Å². The van der Waals surface area contributed by atoms with Crippen LogP contribution in [0.3, 0.4) is 0 Å². The van der Waals surface area contributed by atoms with Crippen molar-refractivity contribution < 1.29 is 0 Å². The van der Waals surface area contributed by atoms with Crippen LogP contribution >= 0.6 is 34.3 Å². The fourth-order valence-electron chi connectivity index (χ4n) is 1.76. The van der Waals surface area contributed by atoms with E-state index in [9.17, 15) is 0 Å². The van der Waals surface area contributed by atoms with E-state index in [4.69, 9.17) is 11.6 Å². The first kappa shape index (κ1) is 12.7. The molecule has 2 heterocycles. The molecule has 19 heavy (non-hydrogen) atoms. The van der Waals surface area contributed by atoms with Crippen molar-refractivity contribution in [2.75, 3.05) is 5.32 Å². The molecular formula is C14H11ClN2S2. The molecule has 0 atom stereocenters. The molecule has 0 unspecified atom stereocenters. The predicted octanol–water partition coefficient (Wildman–Crippen LogP) is 5.14. The van der Waals surface area contributed by atoms with Crippen LogP contribution in [0.15, 0.2) is 47.3 Å². The van der Waals surface area contributed by atoms with Crippen LogP contribution in [0.4, 0.5) is 5.69 Å². The van der Waals surface area contributed by atoms with Crippen molar-refractivity contribution in [3.8, 4) is 10.6 Å². The van der Waals surface area contributed by atoms with Crippen molar-refractivity contribution in [2.45, 2.75) is 6.54 Å². The zero-order valence-corrected chi connectivity index (χ0v) is 12.4. The predicted molar refractivity (Wildman–Crippen MR) is 84.2 cm³/mol. The van der Waals surface area contributed by atoms with Gasteiger partial charge in [0.2, 0.25) is 0 Å². The lowest BCUT2D eigenvalue weighted by atomic mass is 10.2. The van der Waals surface area contributed by atoms with Crippen molar-refractivity contribution in [3.05, 3.63) is 57.2 Å². The highest BCUT2D eigenvalue weighted by molar-refractivity contribution is 7.13. The van der Waals surface area contributed by atoms with Gasteiger partial charge in [0.05, 0.1) is 5.02 Å². The van der Waals surface area contributed by atoms with E-state index >= 15 is 0 Å². The summed E-state index contributed by atoms with van der Waals surface area (Å²) < 4.78 is 0. The molecule has 5 heteroatoms. The summed E-state index contributed by atoms with van der Waals surface area (Å²) in [7, 11) is 0. The minimum atomic E-state index is 0.790. The van der Waals surface area contributed by atoms with E-state index in [1.165, 1.54) is 4.88 Å². The molecular weight excluding hydrogens is 296 g/mol. The summed E-state index contributed by atoms with van der Waals surface area (Å²) in [6.07, 6.45) is 1.83. The molecule has 0 aliphatic carbocycles. The normalized spacial score (nSPS) is 10.6. The maximum absolute atomic E-state index is 5.91. The summed E-state index contributed by atoms with van der Waals surface area (Å²) in [6.45, 7) is 0.790. The van der Waals surface area contributed by atoms with Gasteiger partial charge < -0.3 is 5.32 Å². The van der Waals surface area contributed by atoms with Gasteiger partial charge in [0.25, 0.3) is 0 Å². The fourth-order valence-corrected chi connectivity index (χ4v) is 3.41. The van der Waals surface area contributed by atoms with Gasteiger partial charge in [-0.15, -0.1) is 22.7 Å². The number of benzene rings is 1. The highest BCUT2D eigenvalue weighted by Crippen LogP contribution is 2.25. The van der Waals surface area contributed by atoms with Gasteiger partial charge in [0.1, 0.15) is 5.01 Å². The monoisotopic (exact) mass is 306 g/mol. The minimum absolute atomic E-state index is 0.790. The second-order valence-corrected chi connectivity index (χ2v) is 6.33. The SMILES string of the molecule is Clc1csc(CNc2cccc(-c3nccs3)c2)c1. The average molecular weight is 307 g/mol. The van der Waals surface area contributed by atoms with E-state index in [1.54, 1.807) is 22.7 Å². The van der Waals surface area contributed by atoms with Gasteiger partial charge in [-0.2, -0.15) is 0 Å². The smallest absolute Gasteiger partial charge is 0.123 e. The second kappa shape index (κ2) is 5.74. The van der Waals surface area contributed by atoms with E-state index in [1.807, 2.05) is 29.1 Å². The lowest BCUT2D eigenvalue weighted by molar-refractivity contribution is 1.19. The molecule has 2 aromatic heterocycles. The minimum Gasteiger partial charge on any atom is -0.380 e. The van der Waals surface area contributed by atoms with E-state index in [2.05, 4.69) is 28.5 Å². The Morgan fingerprint density at radius 2 is 2.16 bits per heavy atom. The van der Waals surface area contributed by atoms with E-state index in [0.717, 1.165) is 27.8 Å². The Bertz CT molecular complexity index is 662. The van der Waals surface area contributed by atoms with E-state index in [-0.39, 0.29) is 0 Å². The maximum atomic E-state index is 5.91. The zero-order valence-electron chi connectivity index (χ0n) is 9.97. The number of nitrogens with zero attached hydrogens (tertiary/aromatic N) is 1. The Kier molecular flexibility index (Phi) is 3.82. The Balaban J connectivity index is 1.73. The van der Waals surface area contributed by atoms with Crippen LogP contribution in [-0.4, -0.2) is 4.98 Å². The summed E-state index contributed by atoms with van der Waals surface area (Å²) in [4.78, 5) is 5.55. The summed E-state index contributed by atoms with van der Waals surface area (Å²) in [6, 6.07) is 10.3. The Labute approximate surface area is 124 Å². The van der Waals surface area contributed by atoms with Crippen LogP contribution in [0, 0.1) is 0 Å². The molecule has 0 aliphatic rings. The summed E-state index contributed by atoms with van der Waals surface area (Å²) in [5.41, 5.74) is 2.24.